The minimum atomic E-state index is -0.328. The maximum atomic E-state index is 12.6. The lowest BCUT2D eigenvalue weighted by molar-refractivity contribution is 0.101. The van der Waals surface area contributed by atoms with Crippen molar-refractivity contribution in [2.45, 2.75) is 20.8 Å². The van der Waals surface area contributed by atoms with Crippen LogP contribution in [0.2, 0.25) is 0 Å². The van der Waals surface area contributed by atoms with Gasteiger partial charge in [-0.15, -0.1) is 0 Å². The number of H-pyrrole nitrogens is 1. The number of amides is 1. The summed E-state index contributed by atoms with van der Waals surface area (Å²) in [5.74, 6) is 1.06. The van der Waals surface area contributed by atoms with Gasteiger partial charge in [0.25, 0.3) is 5.91 Å². The number of carbonyl (C=O) groups excluding carboxylic acids is 2. The summed E-state index contributed by atoms with van der Waals surface area (Å²) in [5, 5.41) is 11.8. The highest BCUT2D eigenvalue weighted by atomic mass is 16.5. The Morgan fingerprint density at radius 1 is 1.07 bits per heavy atom. The van der Waals surface area contributed by atoms with Crippen LogP contribution in [0.5, 0.6) is 17.2 Å². The first-order valence-electron chi connectivity index (χ1n) is 9.21. The van der Waals surface area contributed by atoms with Crippen molar-refractivity contribution in [3.8, 4) is 23.3 Å². The molecule has 0 bridgehead atoms. The van der Waals surface area contributed by atoms with Gasteiger partial charge >= 0.3 is 0 Å². The Kier molecular flexibility index (Phi) is 5.88. The number of methoxy groups -OCH3 is 1. The fourth-order valence-electron chi connectivity index (χ4n) is 3.25. The highest BCUT2D eigenvalue weighted by Gasteiger charge is 2.19. The molecule has 0 fully saturated rings. The molecule has 2 N–H and O–H groups in total. The summed E-state index contributed by atoms with van der Waals surface area (Å²) in [7, 11) is 1.50. The summed E-state index contributed by atoms with van der Waals surface area (Å²) < 4.78 is 11.1. The zero-order valence-electron chi connectivity index (χ0n) is 17.1. The monoisotopic (exact) mass is 403 g/mol. The third-order valence-electron chi connectivity index (χ3n) is 4.65. The summed E-state index contributed by atoms with van der Waals surface area (Å²) in [6, 6.07) is 13.8. The number of ether oxygens (including phenoxy) is 2. The number of hydrogen-bond donors (Lipinski definition) is 2. The Hall–Kier alpha value is -4.05. The second kappa shape index (κ2) is 8.53. The Labute approximate surface area is 174 Å². The number of nitrogens with one attached hydrogen (secondary N) is 2. The van der Waals surface area contributed by atoms with Crippen molar-refractivity contribution in [3.63, 3.8) is 0 Å². The van der Waals surface area contributed by atoms with Crippen molar-refractivity contribution in [2.24, 2.45) is 0 Å². The van der Waals surface area contributed by atoms with Gasteiger partial charge in [0.2, 0.25) is 0 Å². The molecule has 7 nitrogen and oxygen atoms in total. The third kappa shape index (κ3) is 4.18. The number of anilines is 1. The predicted octanol–water partition coefficient (Wildman–Crippen LogP) is 4.76. The van der Waals surface area contributed by atoms with Gasteiger partial charge in [-0.05, 0) is 62.7 Å². The first kappa shape index (κ1) is 20.7. The van der Waals surface area contributed by atoms with E-state index >= 15 is 0 Å². The van der Waals surface area contributed by atoms with E-state index in [4.69, 9.17) is 14.7 Å². The summed E-state index contributed by atoms with van der Waals surface area (Å²) >= 11 is 0. The quantitative estimate of drug-likeness (QED) is 0.578. The summed E-state index contributed by atoms with van der Waals surface area (Å²) in [6.07, 6.45) is 0. The van der Waals surface area contributed by atoms with E-state index in [9.17, 15) is 9.59 Å². The smallest absolute Gasteiger partial charge is 0.272 e. The molecule has 0 aliphatic rings. The van der Waals surface area contributed by atoms with E-state index in [1.165, 1.54) is 14.0 Å². The Balaban J connectivity index is 1.74. The molecular weight excluding hydrogens is 382 g/mol. The molecule has 3 aromatic rings. The molecule has 2 aromatic carbocycles. The molecule has 1 amide bonds. The predicted molar refractivity (Wildman–Crippen MR) is 112 cm³/mol. The van der Waals surface area contributed by atoms with E-state index in [1.807, 2.05) is 6.07 Å². The van der Waals surface area contributed by atoms with Crippen molar-refractivity contribution in [2.75, 3.05) is 12.4 Å². The average Bonchev–Trinajstić information content (AvgIpc) is 3.04. The maximum Gasteiger partial charge on any atom is 0.272 e. The molecule has 1 aromatic heterocycles. The number of benzene rings is 2. The normalized spacial score (nSPS) is 10.2. The van der Waals surface area contributed by atoms with Crippen LogP contribution in [0, 0.1) is 25.2 Å². The number of nitriles is 1. The topological polar surface area (TPSA) is 104 Å². The van der Waals surface area contributed by atoms with Crippen LogP contribution in [-0.4, -0.2) is 23.8 Å². The molecule has 0 saturated carbocycles. The van der Waals surface area contributed by atoms with Crippen molar-refractivity contribution < 1.29 is 19.1 Å². The second-order valence-corrected chi connectivity index (χ2v) is 6.74. The Morgan fingerprint density at radius 3 is 2.33 bits per heavy atom. The lowest BCUT2D eigenvalue weighted by Crippen LogP contribution is -2.13. The van der Waals surface area contributed by atoms with Gasteiger partial charge in [0.05, 0.1) is 18.7 Å². The Morgan fingerprint density at radius 2 is 1.77 bits per heavy atom. The van der Waals surface area contributed by atoms with Gasteiger partial charge in [-0.1, -0.05) is 0 Å². The number of rotatable bonds is 6. The molecule has 0 atom stereocenters. The molecule has 0 aliphatic carbocycles. The van der Waals surface area contributed by atoms with Gasteiger partial charge < -0.3 is 19.8 Å². The second-order valence-electron chi connectivity index (χ2n) is 6.74. The standard InChI is InChI=1S/C23H21N3O4/c1-13-21(15(3)27)14(2)25-22(13)23(28)26-17-6-8-18(9-7-17)30-19-10-5-16(12-24)11-20(19)29-4/h5-11,25H,1-4H3,(H,26,28). The van der Waals surface area contributed by atoms with E-state index in [0.29, 0.717) is 51.0 Å². The van der Waals surface area contributed by atoms with E-state index in [1.54, 1.807) is 56.3 Å². The number of aromatic nitrogens is 1. The number of Topliss-reactive ketones (excluding diaryl/α,β-unsaturated/α-hetero) is 1. The number of carbonyl (C=O) groups is 2. The van der Waals surface area contributed by atoms with Crippen LogP contribution >= 0.6 is 0 Å². The first-order valence-corrected chi connectivity index (χ1v) is 9.21. The molecule has 152 valence electrons. The minimum absolute atomic E-state index is 0.0833. The van der Waals surface area contributed by atoms with Crippen molar-refractivity contribution in [3.05, 3.63) is 70.5 Å². The van der Waals surface area contributed by atoms with Crippen LogP contribution < -0.4 is 14.8 Å². The average molecular weight is 403 g/mol. The molecule has 7 heteroatoms. The fraction of sp³-hybridized carbons (Fsp3) is 0.174. The largest absolute Gasteiger partial charge is 0.493 e. The SMILES string of the molecule is COc1cc(C#N)ccc1Oc1ccc(NC(=O)c2[nH]c(C)c(C(C)=O)c2C)cc1. The number of aryl methyl sites for hydroxylation is 1. The maximum absolute atomic E-state index is 12.6. The van der Waals surface area contributed by atoms with Gasteiger partial charge in [0.15, 0.2) is 17.3 Å². The van der Waals surface area contributed by atoms with Crippen molar-refractivity contribution in [1.29, 1.82) is 5.26 Å². The third-order valence-corrected chi connectivity index (χ3v) is 4.65. The molecule has 0 spiro atoms. The van der Waals surface area contributed by atoms with E-state index in [-0.39, 0.29) is 11.7 Å². The highest BCUT2D eigenvalue weighted by Crippen LogP contribution is 2.32. The molecule has 0 saturated heterocycles. The lowest BCUT2D eigenvalue weighted by Gasteiger charge is -2.11. The summed E-state index contributed by atoms with van der Waals surface area (Å²) in [5.41, 5.74) is 3.26. The van der Waals surface area contributed by atoms with Crippen LogP contribution in [0.3, 0.4) is 0 Å². The molecule has 0 aliphatic heterocycles. The number of aromatic amines is 1. The zero-order valence-corrected chi connectivity index (χ0v) is 17.1. The van der Waals surface area contributed by atoms with Gasteiger partial charge in [0, 0.05) is 23.0 Å². The van der Waals surface area contributed by atoms with Gasteiger partial charge in [-0.25, -0.2) is 0 Å². The molecular formula is C23H21N3O4. The molecule has 0 unspecified atom stereocenters. The number of nitrogens with zero attached hydrogens (tertiary/aromatic N) is 1. The minimum Gasteiger partial charge on any atom is -0.493 e. The number of ketones is 1. The van der Waals surface area contributed by atoms with E-state index in [2.05, 4.69) is 10.3 Å². The molecule has 1 heterocycles. The van der Waals surface area contributed by atoms with Gasteiger partial charge in [-0.2, -0.15) is 5.26 Å². The van der Waals surface area contributed by atoms with Crippen LogP contribution in [-0.2, 0) is 0 Å². The van der Waals surface area contributed by atoms with Crippen LogP contribution in [0.15, 0.2) is 42.5 Å². The fourth-order valence-corrected chi connectivity index (χ4v) is 3.25. The summed E-state index contributed by atoms with van der Waals surface area (Å²) in [4.78, 5) is 27.4. The zero-order chi connectivity index (χ0) is 21.8. The molecule has 0 radical (unpaired) electrons. The van der Waals surface area contributed by atoms with Crippen molar-refractivity contribution >= 4 is 17.4 Å². The Bertz CT molecular complexity index is 1150. The van der Waals surface area contributed by atoms with E-state index in [0.717, 1.165) is 0 Å². The molecule has 3 rings (SSSR count). The molecule has 30 heavy (non-hydrogen) atoms. The summed E-state index contributed by atoms with van der Waals surface area (Å²) in [6.45, 7) is 4.99. The van der Waals surface area contributed by atoms with Crippen molar-refractivity contribution in [1.82, 2.24) is 4.98 Å². The van der Waals surface area contributed by atoms with Gasteiger partial charge in [-0.3, -0.25) is 9.59 Å². The van der Waals surface area contributed by atoms with E-state index < -0.39 is 0 Å². The number of hydrogen-bond acceptors (Lipinski definition) is 5. The first-order chi connectivity index (χ1) is 14.3. The van der Waals surface area contributed by atoms with Gasteiger partial charge in [0.1, 0.15) is 11.4 Å². The van der Waals surface area contributed by atoms with Crippen LogP contribution in [0.4, 0.5) is 5.69 Å². The lowest BCUT2D eigenvalue weighted by atomic mass is 10.1. The van der Waals surface area contributed by atoms with Crippen LogP contribution in [0.25, 0.3) is 0 Å². The van der Waals surface area contributed by atoms with Crippen LogP contribution in [0.1, 0.15) is 44.6 Å². The highest BCUT2D eigenvalue weighted by molar-refractivity contribution is 6.07.